The molecule has 0 aliphatic rings. The zero-order valence-corrected chi connectivity index (χ0v) is 17.3. The van der Waals surface area contributed by atoms with Gasteiger partial charge in [0.1, 0.15) is 12.3 Å². The Hall–Kier alpha value is -2.56. The normalized spacial score (nSPS) is 10.6. The molecule has 0 unspecified atom stereocenters. The number of methoxy groups -OCH3 is 1. The van der Waals surface area contributed by atoms with Crippen LogP contribution in [0.4, 0.5) is 5.69 Å². The molecular formula is C19H26N4O5S. The highest BCUT2D eigenvalue weighted by Crippen LogP contribution is 2.25. The van der Waals surface area contributed by atoms with E-state index in [0.29, 0.717) is 42.0 Å². The van der Waals surface area contributed by atoms with Crippen LogP contribution < -0.4 is 15.4 Å². The zero-order chi connectivity index (χ0) is 21.1. The molecule has 0 fully saturated rings. The van der Waals surface area contributed by atoms with Crippen LogP contribution in [0.2, 0.25) is 0 Å². The van der Waals surface area contributed by atoms with Crippen molar-refractivity contribution in [2.24, 2.45) is 0 Å². The Labute approximate surface area is 173 Å². The van der Waals surface area contributed by atoms with Gasteiger partial charge in [0, 0.05) is 13.7 Å². The molecule has 0 bridgehead atoms. The van der Waals surface area contributed by atoms with E-state index in [4.69, 9.17) is 9.47 Å². The summed E-state index contributed by atoms with van der Waals surface area (Å²) in [5, 5.41) is 15.5. The maximum Gasteiger partial charge on any atom is 0.240 e. The molecule has 0 radical (unpaired) electrons. The highest BCUT2D eigenvalue weighted by atomic mass is 32.2. The summed E-state index contributed by atoms with van der Waals surface area (Å²) in [7, 11) is 1.55. The van der Waals surface area contributed by atoms with Crippen LogP contribution in [0.3, 0.4) is 0 Å². The summed E-state index contributed by atoms with van der Waals surface area (Å²) in [6.45, 7) is 2.91. The predicted octanol–water partition coefficient (Wildman–Crippen LogP) is 1.27. The molecule has 1 heterocycles. The van der Waals surface area contributed by atoms with Crippen molar-refractivity contribution in [2.75, 3.05) is 37.9 Å². The first-order valence-corrected chi connectivity index (χ1v) is 10.1. The maximum atomic E-state index is 12.4. The summed E-state index contributed by atoms with van der Waals surface area (Å²) in [5.41, 5.74) is 1.09. The number of aromatic nitrogens is 2. The number of nitrogens with zero attached hydrogens (tertiary/aromatic N) is 2. The van der Waals surface area contributed by atoms with E-state index in [0.717, 1.165) is 0 Å². The van der Waals surface area contributed by atoms with Gasteiger partial charge in [-0.15, -0.1) is 0 Å². The van der Waals surface area contributed by atoms with Crippen molar-refractivity contribution in [3.8, 4) is 5.75 Å². The van der Waals surface area contributed by atoms with Gasteiger partial charge in [0.25, 0.3) is 0 Å². The second-order valence-electron chi connectivity index (χ2n) is 5.89. The summed E-state index contributed by atoms with van der Waals surface area (Å²) < 4.78 is 12.0. The van der Waals surface area contributed by atoms with Crippen LogP contribution in [0.5, 0.6) is 5.75 Å². The second-order valence-corrected chi connectivity index (χ2v) is 6.83. The van der Waals surface area contributed by atoms with Gasteiger partial charge in [-0.3, -0.25) is 9.59 Å². The number of amides is 2. The Morgan fingerprint density at radius 2 is 2.07 bits per heavy atom. The van der Waals surface area contributed by atoms with E-state index in [9.17, 15) is 14.7 Å². The first kappa shape index (κ1) is 22.7. The third-order valence-electron chi connectivity index (χ3n) is 3.79. The van der Waals surface area contributed by atoms with Gasteiger partial charge in [0.2, 0.25) is 11.8 Å². The molecular weight excluding hydrogens is 396 g/mol. The van der Waals surface area contributed by atoms with Crippen molar-refractivity contribution in [1.82, 2.24) is 14.9 Å². The van der Waals surface area contributed by atoms with Gasteiger partial charge in [0.05, 0.1) is 43.2 Å². The number of carbonyl (C=O) groups is 2. The molecule has 29 heavy (non-hydrogen) atoms. The molecule has 3 N–H and O–H groups in total. The van der Waals surface area contributed by atoms with Crippen molar-refractivity contribution >= 4 is 29.3 Å². The summed E-state index contributed by atoms with van der Waals surface area (Å²) in [4.78, 5) is 28.7. The van der Waals surface area contributed by atoms with Gasteiger partial charge in [0.15, 0.2) is 5.16 Å². The standard InChI is InChI=1S/C19H26N4O5S/c1-3-28-16-7-5-4-6-15(16)22-18(26)13-29-19-21-10-14(12-24)23(19)11-17(25)20-8-9-27-2/h4-7,10,24H,3,8-9,11-13H2,1-2H3,(H,20,25)(H,22,26). The number of carbonyl (C=O) groups excluding carboxylic acids is 2. The Bertz CT molecular complexity index is 812. The Kier molecular flexibility index (Phi) is 9.48. The number of benzene rings is 1. The minimum atomic E-state index is -0.257. The number of anilines is 1. The first-order valence-electron chi connectivity index (χ1n) is 9.14. The number of rotatable bonds is 12. The van der Waals surface area contributed by atoms with E-state index in [-0.39, 0.29) is 30.7 Å². The summed E-state index contributed by atoms with van der Waals surface area (Å²) >= 11 is 1.18. The number of aliphatic hydroxyl groups excluding tert-OH is 1. The van der Waals surface area contributed by atoms with Crippen LogP contribution in [0, 0.1) is 0 Å². The highest BCUT2D eigenvalue weighted by molar-refractivity contribution is 7.99. The van der Waals surface area contributed by atoms with Crippen molar-refractivity contribution < 1.29 is 24.2 Å². The lowest BCUT2D eigenvalue weighted by atomic mass is 10.3. The molecule has 2 rings (SSSR count). The van der Waals surface area contributed by atoms with Crippen molar-refractivity contribution in [3.63, 3.8) is 0 Å². The lowest BCUT2D eigenvalue weighted by Crippen LogP contribution is -2.31. The number of imidazole rings is 1. The molecule has 0 atom stereocenters. The topological polar surface area (TPSA) is 115 Å². The fraction of sp³-hybridized carbons (Fsp3) is 0.421. The van der Waals surface area contributed by atoms with E-state index in [2.05, 4.69) is 15.6 Å². The van der Waals surface area contributed by atoms with Gasteiger partial charge in [-0.05, 0) is 19.1 Å². The number of hydrogen-bond acceptors (Lipinski definition) is 7. The van der Waals surface area contributed by atoms with Crippen LogP contribution in [0.25, 0.3) is 0 Å². The van der Waals surface area contributed by atoms with Crippen molar-refractivity contribution in [2.45, 2.75) is 25.2 Å². The molecule has 1 aromatic carbocycles. The largest absolute Gasteiger partial charge is 0.492 e. The Morgan fingerprint density at radius 3 is 2.79 bits per heavy atom. The van der Waals surface area contributed by atoms with Crippen LogP contribution in [0.15, 0.2) is 35.6 Å². The lowest BCUT2D eigenvalue weighted by molar-refractivity contribution is -0.122. The van der Waals surface area contributed by atoms with E-state index >= 15 is 0 Å². The lowest BCUT2D eigenvalue weighted by Gasteiger charge is -2.12. The Balaban J connectivity index is 1.97. The minimum absolute atomic E-state index is 0.00324. The highest BCUT2D eigenvalue weighted by Gasteiger charge is 2.15. The fourth-order valence-corrected chi connectivity index (χ4v) is 3.26. The number of nitrogens with one attached hydrogen (secondary N) is 2. The van der Waals surface area contributed by atoms with E-state index in [1.807, 2.05) is 19.1 Å². The van der Waals surface area contributed by atoms with Crippen LogP contribution in [-0.4, -0.2) is 59.1 Å². The quantitative estimate of drug-likeness (QED) is 0.348. The number of thioether (sulfide) groups is 1. The minimum Gasteiger partial charge on any atom is -0.492 e. The average molecular weight is 423 g/mol. The SMILES string of the molecule is CCOc1ccccc1NC(=O)CSc1ncc(CO)n1CC(=O)NCCOC. The molecule has 0 aliphatic carbocycles. The molecule has 0 saturated carbocycles. The van der Waals surface area contributed by atoms with Crippen LogP contribution in [-0.2, 0) is 27.5 Å². The molecule has 9 nitrogen and oxygen atoms in total. The van der Waals surface area contributed by atoms with Crippen LogP contribution in [0.1, 0.15) is 12.6 Å². The van der Waals surface area contributed by atoms with Crippen molar-refractivity contribution in [1.29, 1.82) is 0 Å². The number of aliphatic hydroxyl groups is 1. The second kappa shape index (κ2) is 12.1. The van der Waals surface area contributed by atoms with E-state index < -0.39 is 0 Å². The summed E-state index contributed by atoms with van der Waals surface area (Å²) in [6.07, 6.45) is 1.49. The van der Waals surface area contributed by atoms with Gasteiger partial charge in [-0.2, -0.15) is 0 Å². The summed E-state index contributed by atoms with van der Waals surface area (Å²) in [6, 6.07) is 7.20. The molecule has 2 aromatic rings. The van der Waals surface area contributed by atoms with E-state index in [1.165, 1.54) is 18.0 Å². The average Bonchev–Trinajstić information content (AvgIpc) is 3.10. The monoisotopic (exact) mass is 422 g/mol. The summed E-state index contributed by atoms with van der Waals surface area (Å²) in [5.74, 6) is 0.233. The zero-order valence-electron chi connectivity index (χ0n) is 16.5. The van der Waals surface area contributed by atoms with Crippen molar-refractivity contribution in [3.05, 3.63) is 36.2 Å². The molecule has 0 saturated heterocycles. The van der Waals surface area contributed by atoms with Gasteiger partial charge >= 0.3 is 0 Å². The van der Waals surface area contributed by atoms with E-state index in [1.54, 1.807) is 23.8 Å². The maximum absolute atomic E-state index is 12.4. The smallest absolute Gasteiger partial charge is 0.240 e. The molecule has 1 aromatic heterocycles. The number of hydrogen-bond donors (Lipinski definition) is 3. The van der Waals surface area contributed by atoms with Gasteiger partial charge in [-0.1, -0.05) is 23.9 Å². The molecule has 158 valence electrons. The molecule has 0 spiro atoms. The number of para-hydroxylation sites is 2. The molecule has 2 amide bonds. The molecule has 0 aliphatic heterocycles. The van der Waals surface area contributed by atoms with Crippen LogP contribution >= 0.6 is 11.8 Å². The fourth-order valence-electron chi connectivity index (χ4n) is 2.46. The third-order valence-corrected chi connectivity index (χ3v) is 4.78. The first-order chi connectivity index (χ1) is 14.1. The predicted molar refractivity (Wildman–Crippen MR) is 110 cm³/mol. The van der Waals surface area contributed by atoms with Gasteiger partial charge < -0.3 is 29.8 Å². The molecule has 10 heteroatoms. The third kappa shape index (κ3) is 7.08. The van der Waals surface area contributed by atoms with Gasteiger partial charge in [-0.25, -0.2) is 4.98 Å². The Morgan fingerprint density at radius 1 is 1.28 bits per heavy atom. The number of ether oxygens (including phenoxy) is 2.